The number of carbonyl (C=O) groups is 3. The number of aliphatic carboxylic acids is 1. The van der Waals surface area contributed by atoms with Crippen LogP contribution in [0, 0.1) is 46.3 Å². The molecule has 170 valence electrons. The predicted octanol–water partition coefficient (Wildman–Crippen LogP) is 5.92. The van der Waals surface area contributed by atoms with Crippen molar-refractivity contribution in [1.29, 1.82) is 0 Å². The van der Waals surface area contributed by atoms with Gasteiger partial charge in [-0.15, -0.1) is 0 Å². The molecule has 0 spiro atoms. The predicted molar refractivity (Wildman–Crippen MR) is 118 cm³/mol. The maximum atomic E-state index is 13.8. The molecule has 4 nitrogen and oxygen atoms in total. The summed E-state index contributed by atoms with van der Waals surface area (Å²) in [7, 11) is 0. The molecule has 3 fully saturated rings. The summed E-state index contributed by atoms with van der Waals surface area (Å²) >= 11 is 0. The summed E-state index contributed by atoms with van der Waals surface area (Å²) in [5, 5.41) is 9.82. The van der Waals surface area contributed by atoms with Crippen LogP contribution in [0.4, 0.5) is 0 Å². The van der Waals surface area contributed by atoms with Gasteiger partial charge in [-0.05, 0) is 60.7 Å². The summed E-state index contributed by atoms with van der Waals surface area (Å²) in [4.78, 5) is 37.7. The molecule has 3 aliphatic carbocycles. The van der Waals surface area contributed by atoms with Gasteiger partial charge in [-0.1, -0.05) is 53.9 Å². The van der Waals surface area contributed by atoms with Crippen LogP contribution in [0.15, 0.2) is 0 Å². The number of fused-ring (bicyclic) bond motifs is 1. The van der Waals surface area contributed by atoms with Gasteiger partial charge in [0.15, 0.2) is 0 Å². The molecule has 0 amide bonds. The fourth-order valence-corrected chi connectivity index (χ4v) is 7.50. The first-order valence-corrected chi connectivity index (χ1v) is 12.3. The van der Waals surface area contributed by atoms with Crippen LogP contribution in [0.2, 0.25) is 0 Å². The molecule has 3 rings (SSSR count). The van der Waals surface area contributed by atoms with Crippen molar-refractivity contribution in [3.05, 3.63) is 0 Å². The van der Waals surface area contributed by atoms with Crippen LogP contribution >= 0.6 is 0 Å². The zero-order valence-electron chi connectivity index (χ0n) is 19.7. The third-order valence-corrected chi connectivity index (χ3v) is 9.46. The molecule has 0 aromatic carbocycles. The SMILES string of the molecule is CC(C)CCC[C@@H](C)[C@H]1CC[C@H]2C(=O)[C@@H]([C@@]3(C)CCC(=O)C[C@@H]3C(=O)O)CC[C@]12C. The van der Waals surface area contributed by atoms with Gasteiger partial charge in [0.2, 0.25) is 0 Å². The molecular weight excluding hydrogens is 376 g/mol. The Labute approximate surface area is 182 Å². The minimum absolute atomic E-state index is 0.0316. The smallest absolute Gasteiger partial charge is 0.307 e. The Balaban J connectivity index is 1.75. The van der Waals surface area contributed by atoms with Gasteiger partial charge in [0.1, 0.15) is 11.6 Å². The van der Waals surface area contributed by atoms with Crippen molar-refractivity contribution in [1.82, 2.24) is 0 Å². The van der Waals surface area contributed by atoms with Gasteiger partial charge in [0.25, 0.3) is 0 Å². The summed E-state index contributed by atoms with van der Waals surface area (Å²) in [6.45, 7) is 11.3. The third kappa shape index (κ3) is 4.12. The summed E-state index contributed by atoms with van der Waals surface area (Å²) in [6.07, 6.45) is 8.71. The largest absolute Gasteiger partial charge is 0.481 e. The van der Waals surface area contributed by atoms with Crippen LogP contribution in [0.3, 0.4) is 0 Å². The van der Waals surface area contributed by atoms with Gasteiger partial charge in [-0.2, -0.15) is 0 Å². The Morgan fingerprint density at radius 3 is 2.30 bits per heavy atom. The first kappa shape index (κ1) is 23.5. The molecule has 1 N–H and O–H groups in total. The van der Waals surface area contributed by atoms with E-state index < -0.39 is 17.3 Å². The van der Waals surface area contributed by atoms with E-state index in [1.54, 1.807) is 0 Å². The van der Waals surface area contributed by atoms with Crippen LogP contribution in [0.25, 0.3) is 0 Å². The fraction of sp³-hybridized carbons (Fsp3) is 0.885. The molecule has 0 unspecified atom stereocenters. The highest BCUT2D eigenvalue weighted by atomic mass is 16.4. The Morgan fingerprint density at radius 1 is 1.00 bits per heavy atom. The van der Waals surface area contributed by atoms with E-state index >= 15 is 0 Å². The van der Waals surface area contributed by atoms with E-state index in [2.05, 4.69) is 27.7 Å². The minimum Gasteiger partial charge on any atom is -0.481 e. The molecule has 0 heterocycles. The average Bonchev–Trinajstić information content (AvgIpc) is 3.01. The molecule has 3 aliphatic rings. The Morgan fingerprint density at radius 2 is 1.67 bits per heavy atom. The molecule has 3 saturated carbocycles. The molecule has 7 atom stereocenters. The number of carboxylic acid groups (broad SMARTS) is 1. The Bertz CT molecular complexity index is 683. The molecule has 0 aliphatic heterocycles. The van der Waals surface area contributed by atoms with Crippen molar-refractivity contribution in [3.63, 3.8) is 0 Å². The van der Waals surface area contributed by atoms with Gasteiger partial charge in [0.05, 0.1) is 5.92 Å². The van der Waals surface area contributed by atoms with Gasteiger partial charge < -0.3 is 5.11 Å². The van der Waals surface area contributed by atoms with E-state index in [1.165, 1.54) is 19.3 Å². The van der Waals surface area contributed by atoms with E-state index in [-0.39, 0.29) is 29.5 Å². The van der Waals surface area contributed by atoms with Crippen molar-refractivity contribution in [2.45, 2.75) is 98.8 Å². The monoisotopic (exact) mass is 418 g/mol. The van der Waals surface area contributed by atoms with E-state index in [9.17, 15) is 19.5 Å². The maximum absolute atomic E-state index is 13.8. The standard InChI is InChI=1S/C26H42O4/c1-16(2)7-6-8-17(3)19-9-10-20-23(28)21(12-14-25(19,20)4)26(5)13-11-18(27)15-22(26)24(29)30/h16-17,19-22H,6-15H2,1-5H3,(H,29,30)/t17-,19-,20+,21+,22-,25-,26-/m1/s1. The van der Waals surface area contributed by atoms with Crippen LogP contribution < -0.4 is 0 Å². The highest BCUT2D eigenvalue weighted by molar-refractivity contribution is 5.90. The molecule has 0 aromatic rings. The molecule has 4 heteroatoms. The number of ketones is 2. The molecule has 0 aromatic heterocycles. The normalized spacial score (nSPS) is 40.5. The van der Waals surface area contributed by atoms with Crippen LogP contribution in [0.1, 0.15) is 98.8 Å². The summed E-state index contributed by atoms with van der Waals surface area (Å²) in [6, 6.07) is 0. The quantitative estimate of drug-likeness (QED) is 0.557. The van der Waals surface area contributed by atoms with Gasteiger partial charge in [-0.3, -0.25) is 14.4 Å². The number of Topliss-reactive ketones (excluding diaryl/α,β-unsaturated/α-hetero) is 2. The molecular formula is C26H42O4. The number of carboxylic acids is 1. The third-order valence-electron chi connectivity index (χ3n) is 9.46. The highest BCUT2D eigenvalue weighted by Gasteiger charge is 2.60. The van der Waals surface area contributed by atoms with Gasteiger partial charge in [0, 0.05) is 24.7 Å². The van der Waals surface area contributed by atoms with Crippen LogP contribution in [0.5, 0.6) is 0 Å². The van der Waals surface area contributed by atoms with E-state index in [0.717, 1.165) is 31.6 Å². The van der Waals surface area contributed by atoms with Gasteiger partial charge >= 0.3 is 5.97 Å². The van der Waals surface area contributed by atoms with Crippen molar-refractivity contribution in [3.8, 4) is 0 Å². The van der Waals surface area contributed by atoms with Crippen molar-refractivity contribution in [2.75, 3.05) is 0 Å². The van der Waals surface area contributed by atoms with E-state index in [4.69, 9.17) is 0 Å². The van der Waals surface area contributed by atoms with Crippen LogP contribution in [-0.2, 0) is 14.4 Å². The second-order valence-corrected chi connectivity index (χ2v) is 11.7. The first-order valence-electron chi connectivity index (χ1n) is 12.3. The Hall–Kier alpha value is -1.19. The zero-order valence-corrected chi connectivity index (χ0v) is 19.7. The van der Waals surface area contributed by atoms with Crippen LogP contribution in [-0.4, -0.2) is 22.6 Å². The van der Waals surface area contributed by atoms with Crippen molar-refractivity contribution >= 4 is 17.5 Å². The second kappa shape index (κ2) is 8.74. The summed E-state index contributed by atoms with van der Waals surface area (Å²) in [5.41, 5.74) is -0.524. The molecule has 30 heavy (non-hydrogen) atoms. The maximum Gasteiger partial charge on any atom is 0.307 e. The lowest BCUT2D eigenvalue weighted by Crippen LogP contribution is -2.52. The van der Waals surface area contributed by atoms with Crippen molar-refractivity contribution in [2.24, 2.45) is 46.3 Å². The second-order valence-electron chi connectivity index (χ2n) is 11.7. The highest BCUT2D eigenvalue weighted by Crippen LogP contribution is 2.61. The first-order chi connectivity index (χ1) is 14.0. The van der Waals surface area contributed by atoms with Gasteiger partial charge in [-0.25, -0.2) is 0 Å². The molecule has 0 bridgehead atoms. The van der Waals surface area contributed by atoms with E-state index in [0.29, 0.717) is 30.5 Å². The van der Waals surface area contributed by atoms with E-state index in [1.807, 2.05) is 6.92 Å². The summed E-state index contributed by atoms with van der Waals surface area (Å²) < 4.78 is 0. The number of rotatable bonds is 7. The number of carbonyl (C=O) groups excluding carboxylic acids is 2. The number of hydrogen-bond donors (Lipinski definition) is 1. The average molecular weight is 419 g/mol. The Kier molecular flexibility index (Phi) is 6.84. The lowest BCUT2D eigenvalue weighted by atomic mass is 9.51. The van der Waals surface area contributed by atoms with Crippen molar-refractivity contribution < 1.29 is 19.5 Å². The lowest BCUT2D eigenvalue weighted by molar-refractivity contribution is -0.160. The molecule has 0 saturated heterocycles. The zero-order chi connectivity index (χ0) is 22.3. The fourth-order valence-electron chi connectivity index (χ4n) is 7.50. The number of hydrogen-bond acceptors (Lipinski definition) is 3. The molecule has 0 radical (unpaired) electrons. The topological polar surface area (TPSA) is 71.4 Å². The lowest BCUT2D eigenvalue weighted by Gasteiger charge is -2.51. The summed E-state index contributed by atoms with van der Waals surface area (Å²) in [5.74, 6) is 0.545. The minimum atomic E-state index is -0.908.